The molecule has 172 valence electrons. The van der Waals surface area contributed by atoms with E-state index in [1.807, 2.05) is 81.4 Å². The number of nitrogens with one attached hydrogen (secondary N) is 3. The van der Waals surface area contributed by atoms with Crippen LogP contribution in [0.15, 0.2) is 78.9 Å². The summed E-state index contributed by atoms with van der Waals surface area (Å²) in [6.45, 7) is 5.89. The lowest BCUT2D eigenvalue weighted by molar-refractivity contribution is 0.0528. The van der Waals surface area contributed by atoms with Crippen LogP contribution in [0.1, 0.15) is 26.3 Å². The molecule has 0 bridgehead atoms. The number of amides is 3. The van der Waals surface area contributed by atoms with E-state index < -0.39 is 11.7 Å². The van der Waals surface area contributed by atoms with Crippen molar-refractivity contribution < 1.29 is 19.1 Å². The van der Waals surface area contributed by atoms with Gasteiger partial charge < -0.3 is 25.4 Å². The fourth-order valence-corrected chi connectivity index (χ4v) is 2.98. The molecule has 7 nitrogen and oxygen atoms in total. The molecular formula is C26H29N3O4. The summed E-state index contributed by atoms with van der Waals surface area (Å²) in [5, 5.41) is 8.37. The lowest BCUT2D eigenvalue weighted by Crippen LogP contribution is -2.33. The van der Waals surface area contributed by atoms with Crippen molar-refractivity contribution in [2.75, 3.05) is 17.2 Å². The number of anilines is 2. The van der Waals surface area contributed by atoms with Crippen LogP contribution < -0.4 is 20.7 Å². The Kier molecular flexibility index (Phi) is 7.91. The number of carbonyl (C=O) groups is 2. The molecule has 0 fully saturated rings. The van der Waals surface area contributed by atoms with Crippen molar-refractivity contribution in [3.05, 3.63) is 84.4 Å². The summed E-state index contributed by atoms with van der Waals surface area (Å²) in [4.78, 5) is 24.2. The van der Waals surface area contributed by atoms with Gasteiger partial charge in [0.15, 0.2) is 0 Å². The number of ether oxygens (including phenoxy) is 2. The van der Waals surface area contributed by atoms with Gasteiger partial charge in [0.2, 0.25) is 0 Å². The van der Waals surface area contributed by atoms with Gasteiger partial charge in [-0.2, -0.15) is 0 Å². The van der Waals surface area contributed by atoms with E-state index in [2.05, 4.69) is 16.0 Å². The summed E-state index contributed by atoms with van der Waals surface area (Å²) in [5.74, 6) is 1.34. The Morgan fingerprint density at radius 3 is 2.12 bits per heavy atom. The monoisotopic (exact) mass is 447 g/mol. The average molecular weight is 448 g/mol. The van der Waals surface area contributed by atoms with Gasteiger partial charge in [-0.15, -0.1) is 0 Å². The van der Waals surface area contributed by atoms with Crippen LogP contribution in [0.4, 0.5) is 21.0 Å². The first-order chi connectivity index (χ1) is 15.8. The van der Waals surface area contributed by atoms with E-state index in [-0.39, 0.29) is 6.03 Å². The highest BCUT2D eigenvalue weighted by Crippen LogP contribution is 2.24. The van der Waals surface area contributed by atoms with E-state index in [1.165, 1.54) is 0 Å². The summed E-state index contributed by atoms with van der Waals surface area (Å²) >= 11 is 0. The van der Waals surface area contributed by atoms with Gasteiger partial charge in [-0.1, -0.05) is 36.4 Å². The van der Waals surface area contributed by atoms with E-state index in [9.17, 15) is 9.59 Å². The van der Waals surface area contributed by atoms with Gasteiger partial charge in [0.25, 0.3) is 0 Å². The van der Waals surface area contributed by atoms with Gasteiger partial charge in [0.05, 0.1) is 0 Å². The third-order valence-corrected chi connectivity index (χ3v) is 4.34. The zero-order chi connectivity index (χ0) is 23.7. The van der Waals surface area contributed by atoms with Gasteiger partial charge in [0.1, 0.15) is 17.1 Å². The van der Waals surface area contributed by atoms with Crippen LogP contribution in [-0.2, 0) is 11.2 Å². The number of hydrogen-bond acceptors (Lipinski definition) is 4. The number of rotatable bonds is 7. The van der Waals surface area contributed by atoms with Crippen LogP contribution in [0, 0.1) is 0 Å². The summed E-state index contributed by atoms with van der Waals surface area (Å²) in [6.07, 6.45) is 0.157. The smallest absolute Gasteiger partial charge is 0.407 e. The Morgan fingerprint density at radius 2 is 1.42 bits per heavy atom. The van der Waals surface area contributed by atoms with Crippen molar-refractivity contribution in [1.29, 1.82) is 0 Å². The molecule has 0 aromatic heterocycles. The molecule has 3 N–H and O–H groups in total. The number of alkyl carbamates (subject to hydrolysis) is 1. The second-order valence-electron chi connectivity index (χ2n) is 8.40. The van der Waals surface area contributed by atoms with Crippen molar-refractivity contribution in [1.82, 2.24) is 5.32 Å². The molecule has 3 amide bonds. The van der Waals surface area contributed by atoms with E-state index in [0.29, 0.717) is 30.1 Å². The largest absolute Gasteiger partial charge is 0.457 e. The molecule has 0 atom stereocenters. The SMILES string of the molecule is CC(C)(C)OC(=O)NCCc1cccc(NC(=O)Nc2cccc(Oc3ccccc3)c2)c1. The molecule has 7 heteroatoms. The Hall–Kier alpha value is -4.00. The van der Waals surface area contributed by atoms with Gasteiger partial charge in [-0.3, -0.25) is 0 Å². The summed E-state index contributed by atoms with van der Waals surface area (Å²) < 4.78 is 11.0. The quantitative estimate of drug-likeness (QED) is 0.403. The molecule has 0 radical (unpaired) electrons. The molecule has 3 rings (SSSR count). The maximum Gasteiger partial charge on any atom is 0.407 e. The lowest BCUT2D eigenvalue weighted by Gasteiger charge is -2.19. The minimum Gasteiger partial charge on any atom is -0.457 e. The first-order valence-electron chi connectivity index (χ1n) is 10.7. The highest BCUT2D eigenvalue weighted by molar-refractivity contribution is 5.99. The lowest BCUT2D eigenvalue weighted by atomic mass is 10.1. The Balaban J connectivity index is 1.50. The number of hydrogen-bond donors (Lipinski definition) is 3. The minimum absolute atomic E-state index is 0.365. The molecule has 0 saturated heterocycles. The molecule has 0 heterocycles. The summed E-state index contributed by atoms with van der Waals surface area (Å²) in [7, 11) is 0. The topological polar surface area (TPSA) is 88.7 Å². The average Bonchev–Trinajstić information content (AvgIpc) is 2.73. The Bertz CT molecular complexity index is 1080. The first-order valence-corrected chi connectivity index (χ1v) is 10.7. The Morgan fingerprint density at radius 1 is 0.788 bits per heavy atom. The molecule has 0 aliphatic heterocycles. The van der Waals surface area contributed by atoms with Gasteiger partial charge in [-0.25, -0.2) is 9.59 Å². The second kappa shape index (κ2) is 11.0. The Labute approximate surface area is 194 Å². The number of urea groups is 1. The molecule has 0 spiro atoms. The summed E-state index contributed by atoms with van der Waals surface area (Å²) in [6, 6.07) is 23.7. The van der Waals surface area contributed by atoms with Gasteiger partial charge in [0, 0.05) is 24.0 Å². The molecule has 0 aliphatic rings. The summed E-state index contributed by atoms with van der Waals surface area (Å²) in [5.41, 5.74) is 1.70. The molecule has 3 aromatic rings. The van der Waals surface area contributed by atoms with E-state index in [4.69, 9.17) is 9.47 Å². The van der Waals surface area contributed by atoms with E-state index in [1.54, 1.807) is 18.2 Å². The van der Waals surface area contributed by atoms with Crippen LogP contribution in [0.3, 0.4) is 0 Å². The third kappa shape index (κ3) is 8.57. The molecule has 0 saturated carbocycles. The van der Waals surface area contributed by atoms with Crippen molar-refractivity contribution in [3.8, 4) is 11.5 Å². The molecule has 0 aliphatic carbocycles. The van der Waals surface area contributed by atoms with Gasteiger partial charge >= 0.3 is 12.1 Å². The van der Waals surface area contributed by atoms with Crippen molar-refractivity contribution in [2.45, 2.75) is 32.8 Å². The number of carbonyl (C=O) groups excluding carboxylic acids is 2. The zero-order valence-corrected chi connectivity index (χ0v) is 19.1. The number of para-hydroxylation sites is 1. The van der Waals surface area contributed by atoms with Crippen LogP contribution >= 0.6 is 0 Å². The zero-order valence-electron chi connectivity index (χ0n) is 19.1. The fraction of sp³-hybridized carbons (Fsp3) is 0.231. The normalized spacial score (nSPS) is 10.8. The van der Waals surface area contributed by atoms with E-state index in [0.717, 1.165) is 11.3 Å². The maximum atomic E-state index is 12.5. The van der Waals surface area contributed by atoms with Crippen LogP contribution in [0.2, 0.25) is 0 Å². The minimum atomic E-state index is -0.533. The molecule has 33 heavy (non-hydrogen) atoms. The maximum absolute atomic E-state index is 12.5. The highest BCUT2D eigenvalue weighted by Gasteiger charge is 2.15. The third-order valence-electron chi connectivity index (χ3n) is 4.34. The van der Waals surface area contributed by atoms with Gasteiger partial charge in [-0.05, 0) is 69.2 Å². The highest BCUT2D eigenvalue weighted by atomic mass is 16.6. The van der Waals surface area contributed by atoms with Crippen molar-refractivity contribution in [2.24, 2.45) is 0 Å². The molecule has 0 unspecified atom stereocenters. The van der Waals surface area contributed by atoms with Crippen LogP contribution in [-0.4, -0.2) is 24.3 Å². The second-order valence-corrected chi connectivity index (χ2v) is 8.40. The molecular weight excluding hydrogens is 418 g/mol. The predicted molar refractivity (Wildman–Crippen MR) is 130 cm³/mol. The fourth-order valence-electron chi connectivity index (χ4n) is 2.98. The standard InChI is InChI=1S/C26H29N3O4/c1-26(2,3)33-25(31)27-16-15-19-9-7-10-20(17-19)28-24(30)29-21-11-8-14-23(18-21)32-22-12-5-4-6-13-22/h4-14,17-18H,15-16H2,1-3H3,(H,27,31)(H2,28,29,30). The first kappa shape index (κ1) is 23.7. The van der Waals surface area contributed by atoms with Crippen molar-refractivity contribution >= 4 is 23.5 Å². The molecule has 3 aromatic carbocycles. The van der Waals surface area contributed by atoms with Crippen LogP contribution in [0.25, 0.3) is 0 Å². The van der Waals surface area contributed by atoms with E-state index >= 15 is 0 Å². The van der Waals surface area contributed by atoms with Crippen molar-refractivity contribution in [3.63, 3.8) is 0 Å². The predicted octanol–water partition coefficient (Wildman–Crippen LogP) is 6.19. The number of benzene rings is 3. The van der Waals surface area contributed by atoms with Crippen LogP contribution in [0.5, 0.6) is 11.5 Å².